The van der Waals surface area contributed by atoms with Gasteiger partial charge in [0.05, 0.1) is 19.2 Å². The summed E-state index contributed by atoms with van der Waals surface area (Å²) in [6.45, 7) is 5.39. The van der Waals surface area contributed by atoms with E-state index < -0.39 is 45.9 Å². The molecular weight excluding hydrogens is 342 g/mol. The molecule has 0 aromatic heterocycles. The molecule has 3 saturated heterocycles. The number of esters is 2. The van der Waals surface area contributed by atoms with Crippen molar-refractivity contribution < 1.29 is 33.6 Å². The number of aliphatic hydroxyl groups is 1. The van der Waals surface area contributed by atoms with Gasteiger partial charge in [0.15, 0.2) is 23.3 Å². The fourth-order valence-electron chi connectivity index (χ4n) is 4.53. The Kier molecular flexibility index (Phi) is 3.80. The Hall–Kier alpha value is -1.48. The molecule has 4 heterocycles. The van der Waals surface area contributed by atoms with Crippen molar-refractivity contribution in [3.05, 3.63) is 16.9 Å². The normalized spacial score (nSPS) is 51.0. The van der Waals surface area contributed by atoms with E-state index in [2.05, 4.69) is 0 Å². The van der Waals surface area contributed by atoms with Gasteiger partial charge >= 0.3 is 11.9 Å². The molecular formula is C18H25NO7. The highest BCUT2D eigenvalue weighted by atomic mass is 16.7. The minimum Gasteiger partial charge on any atom is -0.632 e. The van der Waals surface area contributed by atoms with E-state index in [1.165, 1.54) is 6.92 Å². The molecule has 3 fully saturated rings. The maximum absolute atomic E-state index is 13.0. The topological polar surface area (TPSA) is 108 Å². The van der Waals surface area contributed by atoms with Crippen molar-refractivity contribution in [1.82, 2.24) is 0 Å². The van der Waals surface area contributed by atoms with Crippen LogP contribution >= 0.6 is 0 Å². The summed E-state index contributed by atoms with van der Waals surface area (Å²) in [5, 5.41) is 23.6. The van der Waals surface area contributed by atoms with Gasteiger partial charge in [-0.1, -0.05) is 6.92 Å². The molecule has 0 radical (unpaired) electrons. The first-order chi connectivity index (χ1) is 12.1. The SMILES string of the molecule is CC1CC2(O[C@H]2C)C(=O)O[C@@H]2CC[N+]3([O-])CC=C(COC(=O)[C@]1(C)O)[C@H]23. The Labute approximate surface area is 151 Å². The molecule has 8 heteroatoms. The summed E-state index contributed by atoms with van der Waals surface area (Å²) < 4.78 is 16.2. The lowest BCUT2D eigenvalue weighted by Gasteiger charge is -2.41. The molecule has 4 rings (SSSR count). The molecule has 8 nitrogen and oxygen atoms in total. The quantitative estimate of drug-likeness (QED) is 0.217. The number of hydrogen-bond donors (Lipinski definition) is 1. The maximum atomic E-state index is 13.0. The summed E-state index contributed by atoms with van der Waals surface area (Å²) in [4.78, 5) is 25.3. The number of hydroxylamine groups is 3. The van der Waals surface area contributed by atoms with Gasteiger partial charge in [-0.2, -0.15) is 0 Å². The third kappa shape index (κ3) is 2.43. The van der Waals surface area contributed by atoms with Gasteiger partial charge in [0.2, 0.25) is 0 Å². The number of carbonyl (C=O) groups excluding carboxylic acids is 2. The van der Waals surface area contributed by atoms with Crippen LogP contribution in [-0.2, 0) is 23.8 Å². The highest BCUT2D eigenvalue weighted by molar-refractivity contribution is 5.84. The molecule has 1 N–H and O–H groups in total. The minimum absolute atomic E-state index is 0.0687. The van der Waals surface area contributed by atoms with Crippen LogP contribution in [0.2, 0.25) is 0 Å². The van der Waals surface area contributed by atoms with Crippen LogP contribution < -0.4 is 0 Å². The Morgan fingerprint density at radius 1 is 1.31 bits per heavy atom. The lowest BCUT2D eigenvalue weighted by Crippen LogP contribution is -2.51. The molecule has 0 amide bonds. The van der Waals surface area contributed by atoms with Gasteiger partial charge in [-0.3, -0.25) is 0 Å². The Bertz CT molecular complexity index is 689. The molecule has 0 aromatic rings. The molecule has 3 unspecified atom stereocenters. The predicted molar refractivity (Wildman–Crippen MR) is 88.4 cm³/mol. The summed E-state index contributed by atoms with van der Waals surface area (Å²) in [5.41, 5.74) is -2.28. The highest BCUT2D eigenvalue weighted by Crippen LogP contribution is 2.47. The molecule has 0 aliphatic carbocycles. The molecule has 0 bridgehead atoms. The van der Waals surface area contributed by atoms with Gasteiger partial charge < -0.3 is 29.2 Å². The summed E-state index contributed by atoms with van der Waals surface area (Å²) in [6, 6.07) is -0.556. The smallest absolute Gasteiger partial charge is 0.341 e. The fourth-order valence-corrected chi connectivity index (χ4v) is 4.53. The van der Waals surface area contributed by atoms with E-state index >= 15 is 0 Å². The number of hydrogen-bond acceptors (Lipinski definition) is 7. The third-order valence-electron chi connectivity index (χ3n) is 6.64. The van der Waals surface area contributed by atoms with E-state index in [0.29, 0.717) is 18.5 Å². The van der Waals surface area contributed by atoms with Gasteiger partial charge in [0.25, 0.3) is 0 Å². The van der Waals surface area contributed by atoms with Crippen molar-refractivity contribution in [2.24, 2.45) is 5.92 Å². The number of cyclic esters (lactones) is 1. The van der Waals surface area contributed by atoms with Crippen LogP contribution in [0.5, 0.6) is 0 Å². The number of ether oxygens (including phenoxy) is 3. The Morgan fingerprint density at radius 3 is 2.65 bits per heavy atom. The number of epoxide rings is 1. The van der Waals surface area contributed by atoms with E-state index in [-0.39, 0.29) is 25.7 Å². The summed E-state index contributed by atoms with van der Waals surface area (Å²) in [7, 11) is 0. The van der Waals surface area contributed by atoms with E-state index in [0.717, 1.165) is 0 Å². The molecule has 0 saturated carbocycles. The van der Waals surface area contributed by atoms with Crippen molar-refractivity contribution in [3.8, 4) is 0 Å². The number of carbonyl (C=O) groups is 2. The number of rotatable bonds is 0. The number of quaternary nitrogens is 1. The summed E-state index contributed by atoms with van der Waals surface area (Å²) in [6.07, 6.45) is 1.48. The first-order valence-electron chi connectivity index (χ1n) is 9.15. The van der Waals surface area contributed by atoms with Crippen molar-refractivity contribution in [2.75, 3.05) is 19.7 Å². The van der Waals surface area contributed by atoms with Crippen LogP contribution in [0.15, 0.2) is 11.6 Å². The van der Waals surface area contributed by atoms with Crippen LogP contribution in [0.25, 0.3) is 0 Å². The molecule has 7 atom stereocenters. The average molecular weight is 367 g/mol. The van der Waals surface area contributed by atoms with Crippen molar-refractivity contribution >= 4 is 11.9 Å². The van der Waals surface area contributed by atoms with Gasteiger partial charge in [0, 0.05) is 12.0 Å². The minimum atomic E-state index is -1.77. The van der Waals surface area contributed by atoms with E-state index in [9.17, 15) is 19.9 Å². The summed E-state index contributed by atoms with van der Waals surface area (Å²) in [5.74, 6) is -1.83. The lowest BCUT2D eigenvalue weighted by molar-refractivity contribution is -0.877. The second-order valence-corrected chi connectivity index (χ2v) is 8.29. The Morgan fingerprint density at radius 2 is 2.00 bits per heavy atom. The first kappa shape index (κ1) is 17.9. The monoisotopic (exact) mass is 367 g/mol. The van der Waals surface area contributed by atoms with E-state index in [1.54, 1.807) is 19.9 Å². The zero-order valence-corrected chi connectivity index (χ0v) is 15.3. The van der Waals surface area contributed by atoms with Crippen LogP contribution in [0.3, 0.4) is 0 Å². The zero-order chi connectivity index (χ0) is 18.9. The predicted octanol–water partition coefficient (Wildman–Crippen LogP) is 0.417. The molecule has 1 spiro atoms. The largest absolute Gasteiger partial charge is 0.632 e. The lowest BCUT2D eigenvalue weighted by atomic mass is 9.82. The van der Waals surface area contributed by atoms with E-state index in [4.69, 9.17) is 14.2 Å². The van der Waals surface area contributed by atoms with E-state index in [1.807, 2.05) is 0 Å². The van der Waals surface area contributed by atoms with Gasteiger partial charge in [-0.25, -0.2) is 9.59 Å². The second kappa shape index (κ2) is 5.51. The molecule has 0 aromatic carbocycles. The van der Waals surface area contributed by atoms with Crippen LogP contribution in [-0.4, -0.2) is 70.8 Å². The maximum Gasteiger partial charge on any atom is 0.341 e. The van der Waals surface area contributed by atoms with Crippen LogP contribution in [0.4, 0.5) is 0 Å². The fraction of sp³-hybridized carbons (Fsp3) is 0.778. The van der Waals surface area contributed by atoms with Crippen molar-refractivity contribution in [1.29, 1.82) is 0 Å². The molecule has 26 heavy (non-hydrogen) atoms. The van der Waals surface area contributed by atoms with Crippen molar-refractivity contribution in [3.63, 3.8) is 0 Å². The zero-order valence-electron chi connectivity index (χ0n) is 15.3. The molecule has 4 aliphatic rings. The average Bonchev–Trinajstić information content (AvgIpc) is 2.94. The second-order valence-electron chi connectivity index (χ2n) is 8.29. The molecule has 4 aliphatic heterocycles. The first-order valence-corrected chi connectivity index (χ1v) is 9.15. The van der Waals surface area contributed by atoms with Crippen molar-refractivity contribution in [2.45, 2.75) is 63.1 Å². The summed E-state index contributed by atoms with van der Waals surface area (Å²) >= 11 is 0. The van der Waals surface area contributed by atoms with Gasteiger partial charge in [-0.15, -0.1) is 0 Å². The number of nitrogens with zero attached hydrogens (tertiary/aromatic N) is 1. The van der Waals surface area contributed by atoms with Gasteiger partial charge in [-0.05, 0) is 32.3 Å². The Balaban J connectivity index is 1.68. The van der Waals surface area contributed by atoms with Crippen LogP contribution in [0.1, 0.15) is 33.6 Å². The molecule has 144 valence electrons. The highest BCUT2D eigenvalue weighted by Gasteiger charge is 2.64. The third-order valence-corrected chi connectivity index (χ3v) is 6.64. The van der Waals surface area contributed by atoms with Crippen LogP contribution in [0, 0.1) is 11.1 Å². The van der Waals surface area contributed by atoms with Gasteiger partial charge in [0.1, 0.15) is 6.61 Å². The standard InChI is InChI=1S/C18H25NO7/c1-10-8-18(11(2)26-18)16(21)25-13-5-7-19(23)6-4-12(14(13)19)9-24-15(20)17(10,3)22/h4,10-11,13-14,22H,5-9H2,1-3H3/t10?,11-,13+,14+,17+,18?,19?/m0/s1.